The average Bonchev–Trinajstić information content (AvgIpc) is 2.91. The molecule has 0 radical (unpaired) electrons. The van der Waals surface area contributed by atoms with Crippen molar-refractivity contribution in [3.63, 3.8) is 0 Å². The highest BCUT2D eigenvalue weighted by Crippen LogP contribution is 2.33. The molecule has 1 aliphatic rings. The van der Waals surface area contributed by atoms with E-state index < -0.39 is 23.2 Å². The van der Waals surface area contributed by atoms with Crippen LogP contribution in [0.3, 0.4) is 0 Å². The molecule has 0 saturated carbocycles. The molecule has 224 valence electrons. The summed E-state index contributed by atoms with van der Waals surface area (Å²) in [6, 6.07) is 14.6. The van der Waals surface area contributed by atoms with Crippen molar-refractivity contribution in [1.82, 2.24) is 14.9 Å². The van der Waals surface area contributed by atoms with Crippen LogP contribution in [0.1, 0.15) is 67.5 Å². The van der Waals surface area contributed by atoms with E-state index in [2.05, 4.69) is 15.3 Å². The maximum atomic E-state index is 13.8. The lowest BCUT2D eigenvalue weighted by Crippen LogP contribution is -2.42. The number of nitrogens with two attached hydrogens (primary N) is 1. The summed E-state index contributed by atoms with van der Waals surface area (Å²) < 4.78 is 46.8. The molecule has 1 aliphatic heterocycles. The van der Waals surface area contributed by atoms with Crippen LogP contribution < -0.4 is 11.1 Å². The van der Waals surface area contributed by atoms with Crippen LogP contribution in [-0.2, 0) is 35.0 Å². The zero-order valence-electron chi connectivity index (χ0n) is 24.0. The second kappa shape index (κ2) is 12.8. The predicted octanol–water partition coefficient (Wildman–Crippen LogP) is 6.17. The Bertz CT molecular complexity index is 1400. The van der Waals surface area contributed by atoms with E-state index in [1.807, 2.05) is 45.0 Å². The van der Waals surface area contributed by atoms with Crippen LogP contribution >= 0.6 is 0 Å². The van der Waals surface area contributed by atoms with Gasteiger partial charge in [-0.1, -0.05) is 36.4 Å². The summed E-state index contributed by atoms with van der Waals surface area (Å²) >= 11 is 0. The number of aryl methyl sites for hydroxylation is 2. The van der Waals surface area contributed by atoms with Gasteiger partial charge in [0.15, 0.2) is 0 Å². The summed E-state index contributed by atoms with van der Waals surface area (Å²) in [5.74, 6) is -0.321. The molecule has 2 amide bonds. The summed E-state index contributed by atoms with van der Waals surface area (Å²) in [4.78, 5) is 33.8. The van der Waals surface area contributed by atoms with Crippen molar-refractivity contribution in [2.24, 2.45) is 5.73 Å². The number of piperidine rings is 1. The molecule has 1 unspecified atom stereocenters. The second-order valence-electron chi connectivity index (χ2n) is 11.5. The molecule has 1 aromatic heterocycles. The number of nitrogens with zero attached hydrogens (tertiary/aromatic N) is 3. The molecule has 3 aromatic rings. The van der Waals surface area contributed by atoms with E-state index in [4.69, 9.17) is 10.5 Å². The van der Waals surface area contributed by atoms with E-state index >= 15 is 0 Å². The van der Waals surface area contributed by atoms with Crippen LogP contribution in [0.25, 0.3) is 0 Å². The predicted molar refractivity (Wildman–Crippen MR) is 153 cm³/mol. The number of benzene rings is 2. The second-order valence-corrected chi connectivity index (χ2v) is 11.5. The molecule has 42 heavy (non-hydrogen) atoms. The van der Waals surface area contributed by atoms with E-state index in [-0.39, 0.29) is 42.9 Å². The van der Waals surface area contributed by atoms with E-state index in [0.29, 0.717) is 24.3 Å². The van der Waals surface area contributed by atoms with Gasteiger partial charge >= 0.3 is 12.3 Å². The van der Waals surface area contributed by atoms with Crippen molar-refractivity contribution in [2.75, 3.05) is 18.4 Å². The molecule has 11 heteroatoms. The Balaban J connectivity index is 1.46. The van der Waals surface area contributed by atoms with Crippen molar-refractivity contribution in [1.29, 1.82) is 0 Å². The largest absolute Gasteiger partial charge is 0.444 e. The third-order valence-electron chi connectivity index (χ3n) is 7.00. The van der Waals surface area contributed by atoms with Crippen LogP contribution in [0.5, 0.6) is 0 Å². The molecule has 1 fully saturated rings. The lowest BCUT2D eigenvalue weighted by molar-refractivity contribution is -0.138. The third-order valence-corrected chi connectivity index (χ3v) is 7.00. The van der Waals surface area contributed by atoms with Gasteiger partial charge in [-0.3, -0.25) is 4.79 Å². The first-order valence-electron chi connectivity index (χ1n) is 13.9. The summed E-state index contributed by atoms with van der Waals surface area (Å²) in [5.41, 5.74) is 6.81. The van der Waals surface area contributed by atoms with Gasteiger partial charge in [0.25, 0.3) is 0 Å². The van der Waals surface area contributed by atoms with Gasteiger partial charge in [0.05, 0.1) is 17.7 Å². The van der Waals surface area contributed by atoms with Crippen LogP contribution in [0, 0.1) is 0 Å². The van der Waals surface area contributed by atoms with Crippen molar-refractivity contribution < 1.29 is 27.5 Å². The maximum absolute atomic E-state index is 13.8. The number of hydrogen-bond donors (Lipinski definition) is 2. The van der Waals surface area contributed by atoms with Crippen LogP contribution in [0.15, 0.2) is 54.7 Å². The highest BCUT2D eigenvalue weighted by atomic mass is 19.4. The number of likely N-dealkylation sites (tertiary alicyclic amines) is 1. The van der Waals surface area contributed by atoms with Gasteiger partial charge in [-0.25, -0.2) is 14.8 Å². The Labute approximate surface area is 243 Å². The number of alkyl halides is 3. The van der Waals surface area contributed by atoms with E-state index in [0.717, 1.165) is 30.2 Å². The van der Waals surface area contributed by atoms with Gasteiger partial charge in [0, 0.05) is 30.9 Å². The Morgan fingerprint density at radius 2 is 1.74 bits per heavy atom. The lowest BCUT2D eigenvalue weighted by atomic mass is 9.90. The first kappa shape index (κ1) is 30.8. The van der Waals surface area contributed by atoms with E-state index in [1.54, 1.807) is 29.2 Å². The fourth-order valence-electron chi connectivity index (χ4n) is 5.03. The third kappa shape index (κ3) is 8.43. The fourth-order valence-corrected chi connectivity index (χ4v) is 5.03. The first-order chi connectivity index (χ1) is 19.8. The number of ether oxygens (including phenoxy) is 1. The number of carbonyl (C=O) groups is 2. The molecule has 3 N–H and O–H groups in total. The zero-order valence-corrected chi connectivity index (χ0v) is 24.0. The number of aromatic nitrogens is 2. The van der Waals surface area contributed by atoms with Gasteiger partial charge < -0.3 is 20.7 Å². The Morgan fingerprint density at radius 3 is 2.38 bits per heavy atom. The molecule has 2 heterocycles. The molecular weight excluding hydrogens is 547 g/mol. The minimum absolute atomic E-state index is 0.00339. The number of nitrogens with one attached hydrogen (secondary N) is 1. The van der Waals surface area contributed by atoms with Crippen molar-refractivity contribution >= 4 is 23.6 Å². The standard InChI is InChI=1S/C31H36F3N5O3/c1-30(2,3)42-29(41)39-16-6-9-23(19-39)21-10-13-24(14-11-21)37-28-36-18-25(31(32,33)34)26(38-28)15-12-20-7-4-5-8-22(20)17-27(35)40/h4-5,7-8,10-11,13-14,18,23H,6,9,12,15-17,19H2,1-3H3,(H2,35,40)(H,36,37,38). The smallest absolute Gasteiger partial charge is 0.419 e. The van der Waals surface area contributed by atoms with Crippen LogP contribution in [0.2, 0.25) is 0 Å². The fraction of sp³-hybridized carbons (Fsp3) is 0.419. The van der Waals surface area contributed by atoms with Crippen molar-refractivity contribution in [3.8, 4) is 0 Å². The number of primary amides is 1. The average molecular weight is 584 g/mol. The molecule has 0 aliphatic carbocycles. The number of anilines is 2. The van der Waals surface area contributed by atoms with E-state index in [1.165, 1.54) is 0 Å². The number of rotatable bonds is 8. The molecule has 1 atom stereocenters. The number of amides is 2. The molecule has 2 aromatic carbocycles. The number of halogens is 3. The maximum Gasteiger partial charge on any atom is 0.419 e. The van der Waals surface area contributed by atoms with Gasteiger partial charge in [-0.05, 0) is 75.3 Å². The highest BCUT2D eigenvalue weighted by Gasteiger charge is 2.35. The van der Waals surface area contributed by atoms with Crippen molar-refractivity contribution in [3.05, 3.63) is 82.7 Å². The molecule has 0 bridgehead atoms. The first-order valence-corrected chi connectivity index (χ1v) is 13.9. The topological polar surface area (TPSA) is 110 Å². The monoisotopic (exact) mass is 583 g/mol. The summed E-state index contributed by atoms with van der Waals surface area (Å²) in [7, 11) is 0. The van der Waals surface area contributed by atoms with E-state index in [9.17, 15) is 22.8 Å². The van der Waals surface area contributed by atoms with Gasteiger partial charge in [-0.15, -0.1) is 0 Å². The highest BCUT2D eigenvalue weighted by molar-refractivity contribution is 5.77. The van der Waals surface area contributed by atoms with Gasteiger partial charge in [0.1, 0.15) is 5.60 Å². The normalized spacial score (nSPS) is 15.8. The molecule has 4 rings (SSSR count). The minimum Gasteiger partial charge on any atom is -0.444 e. The summed E-state index contributed by atoms with van der Waals surface area (Å²) in [5, 5.41) is 3.01. The van der Waals surface area contributed by atoms with Crippen LogP contribution in [0.4, 0.5) is 29.6 Å². The number of hydrogen-bond acceptors (Lipinski definition) is 6. The molecule has 8 nitrogen and oxygen atoms in total. The van der Waals surface area contributed by atoms with Crippen molar-refractivity contribution in [2.45, 2.75) is 70.6 Å². The molecule has 1 saturated heterocycles. The SMILES string of the molecule is CC(C)(C)OC(=O)N1CCCC(c2ccc(Nc3ncc(C(F)(F)F)c(CCc4ccccc4CC(N)=O)n3)cc2)C1. The quantitative estimate of drug-likeness (QED) is 0.328. The minimum atomic E-state index is -4.62. The molecule has 0 spiro atoms. The Hall–Kier alpha value is -4.15. The summed E-state index contributed by atoms with van der Waals surface area (Å²) in [6.07, 6.45) is -2.10. The van der Waals surface area contributed by atoms with Crippen LogP contribution in [-0.4, -0.2) is 45.6 Å². The zero-order chi connectivity index (χ0) is 30.5. The van der Waals surface area contributed by atoms with Gasteiger partial charge in [0.2, 0.25) is 11.9 Å². The Morgan fingerprint density at radius 1 is 1.05 bits per heavy atom. The van der Waals surface area contributed by atoms with Gasteiger partial charge in [-0.2, -0.15) is 13.2 Å². The number of carbonyl (C=O) groups excluding carboxylic acids is 2. The molecular formula is C31H36F3N5O3. The lowest BCUT2D eigenvalue weighted by Gasteiger charge is -2.34. The Kier molecular flexibility index (Phi) is 9.38. The summed E-state index contributed by atoms with van der Waals surface area (Å²) in [6.45, 7) is 6.72.